The quantitative estimate of drug-likeness (QED) is 0.566. The second kappa shape index (κ2) is 6.38. The van der Waals surface area contributed by atoms with Gasteiger partial charge in [0.15, 0.2) is 5.13 Å². The highest BCUT2D eigenvalue weighted by Gasteiger charge is 2.16. The maximum atomic E-state index is 13.2. The molecule has 0 spiro atoms. The average molecular weight is 373 g/mol. The lowest BCUT2D eigenvalue weighted by Gasteiger charge is -1.99. The second-order valence-corrected chi connectivity index (χ2v) is 7.33. The van der Waals surface area contributed by atoms with Crippen molar-refractivity contribution >= 4 is 43.9 Å². The van der Waals surface area contributed by atoms with E-state index in [1.54, 1.807) is 13.0 Å². The number of hydrogen-bond acceptors (Lipinski definition) is 6. The number of thiophene rings is 1. The van der Waals surface area contributed by atoms with Gasteiger partial charge in [0.2, 0.25) is 11.8 Å². The maximum Gasteiger partial charge on any atom is 0.236 e. The van der Waals surface area contributed by atoms with Crippen molar-refractivity contribution in [2.24, 2.45) is 0 Å². The summed E-state index contributed by atoms with van der Waals surface area (Å²) in [6, 6.07) is 8.17. The van der Waals surface area contributed by atoms with Crippen LogP contribution >= 0.6 is 22.7 Å². The summed E-state index contributed by atoms with van der Waals surface area (Å²) in [7, 11) is 0. The summed E-state index contributed by atoms with van der Waals surface area (Å²) < 4.78 is 19.6. The maximum absolute atomic E-state index is 13.2. The van der Waals surface area contributed by atoms with Crippen LogP contribution in [0, 0.1) is 12.7 Å². The van der Waals surface area contributed by atoms with E-state index in [9.17, 15) is 9.18 Å². The van der Waals surface area contributed by atoms with Crippen molar-refractivity contribution in [3.63, 3.8) is 0 Å². The highest BCUT2D eigenvalue weighted by atomic mass is 32.1. The van der Waals surface area contributed by atoms with Crippen molar-refractivity contribution in [2.75, 3.05) is 5.32 Å². The topological polar surface area (TPSA) is 68.0 Å². The molecule has 0 unspecified atom stereocenters. The van der Waals surface area contributed by atoms with Gasteiger partial charge in [-0.25, -0.2) is 14.4 Å². The van der Waals surface area contributed by atoms with Crippen molar-refractivity contribution in [3.05, 3.63) is 53.0 Å². The number of oxazole rings is 1. The number of rotatable bonds is 4. The number of carbonyl (C=O) groups excluding carboxylic acids is 1. The molecule has 25 heavy (non-hydrogen) atoms. The summed E-state index contributed by atoms with van der Waals surface area (Å²) in [5, 5.41) is 5.11. The lowest BCUT2D eigenvalue weighted by Crippen LogP contribution is -2.14. The molecule has 126 valence electrons. The molecule has 1 aromatic carbocycles. The summed E-state index contributed by atoms with van der Waals surface area (Å²) in [5.74, 6) is 0.567. The van der Waals surface area contributed by atoms with E-state index in [4.69, 9.17) is 4.42 Å². The fraction of sp³-hybridized carbons (Fsp3) is 0.118. The molecule has 3 heterocycles. The molecule has 5 nitrogen and oxygen atoms in total. The predicted octanol–water partition coefficient (Wildman–Crippen LogP) is 4.64. The van der Waals surface area contributed by atoms with Gasteiger partial charge in [-0.3, -0.25) is 4.79 Å². The van der Waals surface area contributed by atoms with E-state index in [-0.39, 0.29) is 18.1 Å². The number of fused-ring (bicyclic) bond motifs is 1. The molecule has 1 N–H and O–H groups in total. The lowest BCUT2D eigenvalue weighted by molar-refractivity contribution is -0.115. The Morgan fingerprint density at radius 3 is 3.00 bits per heavy atom. The minimum atomic E-state index is -0.326. The Hall–Kier alpha value is -2.58. The number of aromatic nitrogens is 2. The largest absolute Gasteiger partial charge is 0.440 e. The average Bonchev–Trinajstić information content (AvgIpc) is 3.27. The molecule has 0 aliphatic heterocycles. The molecule has 0 fully saturated rings. The van der Waals surface area contributed by atoms with Crippen LogP contribution in [0.15, 0.2) is 40.1 Å². The summed E-state index contributed by atoms with van der Waals surface area (Å²) in [5.41, 5.74) is 1.24. The summed E-state index contributed by atoms with van der Waals surface area (Å²) in [6.07, 6.45) is 0.0883. The standard InChI is InChI=1S/C17H12FN3O2S2/c1-9-12(19-16(23-9)13-3-2-6-24-13)8-15(22)21-17-20-11-5-4-10(18)7-14(11)25-17/h2-7H,8H2,1H3,(H,20,21,22). The van der Waals surface area contributed by atoms with Gasteiger partial charge in [0, 0.05) is 0 Å². The van der Waals surface area contributed by atoms with Crippen molar-refractivity contribution in [1.82, 2.24) is 9.97 Å². The molecule has 0 bridgehead atoms. The van der Waals surface area contributed by atoms with Gasteiger partial charge in [-0.1, -0.05) is 17.4 Å². The Balaban J connectivity index is 1.50. The Labute approximate surface area is 150 Å². The molecule has 0 aliphatic carbocycles. The van der Waals surface area contributed by atoms with E-state index in [2.05, 4.69) is 15.3 Å². The van der Waals surface area contributed by atoms with Crippen molar-refractivity contribution in [2.45, 2.75) is 13.3 Å². The zero-order valence-electron chi connectivity index (χ0n) is 13.1. The van der Waals surface area contributed by atoms with E-state index in [0.29, 0.717) is 32.7 Å². The predicted molar refractivity (Wildman–Crippen MR) is 96.5 cm³/mol. The van der Waals surface area contributed by atoms with Gasteiger partial charge in [-0.15, -0.1) is 11.3 Å². The molecule has 0 saturated heterocycles. The lowest BCUT2D eigenvalue weighted by atomic mass is 10.2. The molecule has 0 radical (unpaired) electrons. The van der Waals surface area contributed by atoms with E-state index < -0.39 is 0 Å². The molecular weight excluding hydrogens is 361 g/mol. The zero-order chi connectivity index (χ0) is 17.4. The first-order valence-corrected chi connectivity index (χ1v) is 9.14. The van der Waals surface area contributed by atoms with Crippen LogP contribution in [-0.4, -0.2) is 15.9 Å². The fourth-order valence-electron chi connectivity index (χ4n) is 2.37. The third kappa shape index (κ3) is 3.31. The Morgan fingerprint density at radius 1 is 1.32 bits per heavy atom. The minimum absolute atomic E-state index is 0.0883. The van der Waals surface area contributed by atoms with Gasteiger partial charge in [-0.05, 0) is 36.6 Å². The molecule has 4 rings (SSSR count). The third-order valence-corrected chi connectivity index (χ3v) is 5.34. The molecular formula is C17H12FN3O2S2. The van der Waals surface area contributed by atoms with E-state index >= 15 is 0 Å². The normalized spacial score (nSPS) is 11.1. The molecule has 4 aromatic rings. The number of carbonyl (C=O) groups is 1. The minimum Gasteiger partial charge on any atom is -0.440 e. The van der Waals surface area contributed by atoms with Crippen molar-refractivity contribution < 1.29 is 13.6 Å². The summed E-state index contributed by atoms with van der Waals surface area (Å²) >= 11 is 2.76. The number of amides is 1. The highest BCUT2D eigenvalue weighted by Crippen LogP contribution is 2.28. The van der Waals surface area contributed by atoms with Crippen LogP contribution in [0.2, 0.25) is 0 Å². The Morgan fingerprint density at radius 2 is 2.20 bits per heavy atom. The van der Waals surface area contributed by atoms with Crippen molar-refractivity contribution in [1.29, 1.82) is 0 Å². The van der Waals surface area contributed by atoms with E-state index in [0.717, 1.165) is 4.88 Å². The second-order valence-electron chi connectivity index (χ2n) is 5.36. The molecule has 3 aromatic heterocycles. The van der Waals surface area contributed by atoms with Gasteiger partial charge in [0.05, 0.1) is 27.2 Å². The number of nitrogens with zero attached hydrogens (tertiary/aromatic N) is 2. The number of aryl methyl sites for hydroxylation is 1. The molecule has 0 aliphatic rings. The van der Waals surface area contributed by atoms with Gasteiger partial charge in [0.25, 0.3) is 0 Å². The first-order valence-electron chi connectivity index (χ1n) is 7.44. The molecule has 1 amide bonds. The van der Waals surface area contributed by atoms with Crippen LogP contribution in [0.3, 0.4) is 0 Å². The van der Waals surface area contributed by atoms with Crippen LogP contribution in [0.4, 0.5) is 9.52 Å². The third-order valence-electron chi connectivity index (χ3n) is 3.55. The van der Waals surface area contributed by atoms with Crippen LogP contribution in [-0.2, 0) is 11.2 Å². The SMILES string of the molecule is Cc1oc(-c2cccs2)nc1CC(=O)Nc1nc2ccc(F)cc2s1. The van der Waals surface area contributed by atoms with Crippen LogP contribution in [0.5, 0.6) is 0 Å². The zero-order valence-corrected chi connectivity index (χ0v) is 14.7. The summed E-state index contributed by atoms with van der Waals surface area (Å²) in [4.78, 5) is 21.9. The van der Waals surface area contributed by atoms with E-state index in [1.165, 1.54) is 34.8 Å². The van der Waals surface area contributed by atoms with Crippen LogP contribution in [0.25, 0.3) is 21.0 Å². The van der Waals surface area contributed by atoms with Crippen LogP contribution < -0.4 is 5.32 Å². The van der Waals surface area contributed by atoms with Gasteiger partial charge in [-0.2, -0.15) is 0 Å². The van der Waals surface area contributed by atoms with Gasteiger partial charge >= 0.3 is 0 Å². The smallest absolute Gasteiger partial charge is 0.236 e. The van der Waals surface area contributed by atoms with Gasteiger partial charge in [0.1, 0.15) is 11.6 Å². The van der Waals surface area contributed by atoms with E-state index in [1.807, 2.05) is 17.5 Å². The van der Waals surface area contributed by atoms with Crippen molar-refractivity contribution in [3.8, 4) is 10.8 Å². The molecule has 0 saturated carbocycles. The molecule has 0 atom stereocenters. The van der Waals surface area contributed by atoms with Crippen LogP contribution in [0.1, 0.15) is 11.5 Å². The molecule has 8 heteroatoms. The highest BCUT2D eigenvalue weighted by molar-refractivity contribution is 7.22. The number of hydrogen-bond donors (Lipinski definition) is 1. The Bertz CT molecular complexity index is 1050. The number of benzene rings is 1. The summed E-state index contributed by atoms with van der Waals surface area (Å²) in [6.45, 7) is 1.78. The number of nitrogens with one attached hydrogen (secondary N) is 1. The number of anilines is 1. The van der Waals surface area contributed by atoms with Gasteiger partial charge < -0.3 is 9.73 Å². The number of halogens is 1. The first kappa shape index (κ1) is 15.9. The fourth-order valence-corrected chi connectivity index (χ4v) is 3.92. The first-order chi connectivity index (χ1) is 12.1. The monoisotopic (exact) mass is 373 g/mol. The Kier molecular flexibility index (Phi) is 4.06. The number of thiazole rings is 1.